The number of nitrogens with zero attached hydrogens (tertiary/aromatic N) is 6. The van der Waals surface area contributed by atoms with Crippen molar-refractivity contribution in [3.63, 3.8) is 0 Å². The summed E-state index contributed by atoms with van der Waals surface area (Å²) in [4.78, 5) is 24.6. The highest BCUT2D eigenvalue weighted by Gasteiger charge is 2.26. The average Bonchev–Trinajstić information content (AvgIpc) is 3.09. The number of hydrogen-bond donors (Lipinski definition) is 8. The second-order valence-corrected chi connectivity index (χ2v) is 13.9. The highest BCUT2D eigenvalue weighted by atomic mass is 32.2. The van der Waals surface area contributed by atoms with Gasteiger partial charge in [0.05, 0.1) is 11.4 Å². The molecule has 0 fully saturated rings. The van der Waals surface area contributed by atoms with Gasteiger partial charge in [0.2, 0.25) is 35.7 Å². The second kappa shape index (κ2) is 14.0. The Bertz CT molecular complexity index is 2330. The van der Waals surface area contributed by atoms with E-state index in [0.717, 1.165) is 17.2 Å². The topological polar surface area (TPSA) is 258 Å². The zero-order valence-corrected chi connectivity index (χ0v) is 28.3. The van der Waals surface area contributed by atoms with Crippen LogP contribution in [0.15, 0.2) is 107 Å². The van der Waals surface area contributed by atoms with E-state index in [1.807, 2.05) is 60.7 Å². The van der Waals surface area contributed by atoms with Crippen LogP contribution < -0.4 is 31.9 Å². The van der Waals surface area contributed by atoms with E-state index in [9.17, 15) is 25.9 Å². The van der Waals surface area contributed by atoms with Crippen LogP contribution in [0.2, 0.25) is 0 Å². The predicted molar refractivity (Wildman–Crippen MR) is 193 cm³/mol. The van der Waals surface area contributed by atoms with Gasteiger partial charge in [0, 0.05) is 24.5 Å². The van der Waals surface area contributed by atoms with Crippen LogP contribution in [0.25, 0.3) is 0 Å². The Hall–Kier alpha value is -6.48. The number of nitrogens with one attached hydrogen (secondary N) is 6. The predicted octanol–water partition coefficient (Wildman–Crippen LogP) is 5.06. The standard InChI is InChI=1S/C32H28N12O6S2/c45-51(46,47)25-16-26(52(48,49)50)24-15-23(25)37-31-41-27(33-17-19-8-3-1-4-9-19)39-29(43-31)35-21-12-7-13-22(14-21)36-30-40-28(42-32(38-24)44-30)34-18-20-10-5-2-6-11-20/h1-16H,17-18H2,(H,45,46,47)(H,48,49,50)(H3,33,35,37,39,41,43)(H3,34,36,38,40,42,44). The normalized spacial score (nSPS) is 12.3. The van der Waals surface area contributed by atoms with Crippen LogP contribution in [-0.4, -0.2) is 55.8 Å². The van der Waals surface area contributed by atoms with E-state index in [1.165, 1.54) is 0 Å². The minimum atomic E-state index is -5.11. The molecule has 20 heteroatoms. The molecule has 0 saturated carbocycles. The van der Waals surface area contributed by atoms with Crippen LogP contribution in [0.1, 0.15) is 11.1 Å². The zero-order valence-electron chi connectivity index (χ0n) is 26.7. The van der Waals surface area contributed by atoms with Crippen LogP contribution in [0.5, 0.6) is 0 Å². The molecule has 1 aliphatic heterocycles. The molecule has 0 atom stereocenters. The summed E-state index contributed by atoms with van der Waals surface area (Å²) in [5, 5.41) is 17.9. The van der Waals surface area contributed by atoms with Crippen molar-refractivity contribution in [3.8, 4) is 0 Å². The Morgan fingerprint density at radius 3 is 1.29 bits per heavy atom. The summed E-state index contributed by atoms with van der Waals surface area (Å²) in [5.74, 6) is -0.145. The molecule has 264 valence electrons. The van der Waals surface area contributed by atoms with E-state index in [4.69, 9.17) is 0 Å². The number of hydrogen-bond acceptors (Lipinski definition) is 16. The third kappa shape index (κ3) is 8.27. The number of rotatable bonds is 8. The molecule has 18 nitrogen and oxygen atoms in total. The molecular formula is C32H28N12O6S2. The van der Waals surface area contributed by atoms with Crippen molar-refractivity contribution in [1.29, 1.82) is 0 Å². The third-order valence-corrected chi connectivity index (χ3v) is 9.15. The van der Waals surface area contributed by atoms with Crippen molar-refractivity contribution in [2.75, 3.05) is 31.9 Å². The summed E-state index contributed by atoms with van der Waals surface area (Å²) in [6.07, 6.45) is 0. The number of aromatic nitrogens is 6. The van der Waals surface area contributed by atoms with Crippen LogP contribution in [0, 0.1) is 0 Å². The summed E-state index contributed by atoms with van der Waals surface area (Å²) >= 11 is 0. The molecule has 0 aliphatic carbocycles. The van der Waals surface area contributed by atoms with E-state index in [1.54, 1.807) is 24.3 Å². The maximum Gasteiger partial charge on any atom is 0.296 e. The summed E-state index contributed by atoms with van der Waals surface area (Å²) in [5.41, 5.74) is 2.18. The molecule has 0 saturated heterocycles. The smallest absolute Gasteiger partial charge is 0.296 e. The number of anilines is 10. The fraction of sp³-hybridized carbons (Fsp3) is 0.0625. The molecule has 0 unspecified atom stereocenters. The van der Waals surface area contributed by atoms with Gasteiger partial charge in [-0.25, -0.2) is 0 Å². The number of benzene rings is 4. The first kappa shape index (κ1) is 34.0. The quantitative estimate of drug-likeness (QED) is 0.0947. The molecule has 6 aromatic rings. The lowest BCUT2D eigenvalue weighted by Gasteiger charge is -2.17. The highest BCUT2D eigenvalue weighted by Crippen LogP contribution is 2.35. The second-order valence-electron chi connectivity index (χ2n) is 11.2. The lowest BCUT2D eigenvalue weighted by atomic mass is 10.2. The van der Waals surface area contributed by atoms with Crippen molar-refractivity contribution < 1.29 is 25.9 Å². The Morgan fingerprint density at radius 2 is 0.885 bits per heavy atom. The van der Waals surface area contributed by atoms with Gasteiger partial charge in [0.1, 0.15) is 9.79 Å². The zero-order chi connectivity index (χ0) is 36.3. The molecule has 2 aromatic heterocycles. The van der Waals surface area contributed by atoms with Gasteiger partial charge in [0.25, 0.3) is 20.2 Å². The Morgan fingerprint density at radius 1 is 0.481 bits per heavy atom. The maximum atomic E-state index is 12.6. The summed E-state index contributed by atoms with van der Waals surface area (Å²) in [6.45, 7) is 0.646. The van der Waals surface area contributed by atoms with Gasteiger partial charge < -0.3 is 31.9 Å². The van der Waals surface area contributed by atoms with Gasteiger partial charge in [-0.3, -0.25) is 9.11 Å². The molecule has 52 heavy (non-hydrogen) atoms. The summed E-state index contributed by atoms with van der Waals surface area (Å²) < 4.78 is 70.8. The molecule has 8 N–H and O–H groups in total. The Kier molecular flexibility index (Phi) is 9.17. The lowest BCUT2D eigenvalue weighted by Crippen LogP contribution is -2.14. The van der Waals surface area contributed by atoms with Gasteiger partial charge in [-0.05, 0) is 41.5 Å². The fourth-order valence-electron chi connectivity index (χ4n) is 5.04. The first-order valence-electron chi connectivity index (χ1n) is 15.3. The average molecular weight is 741 g/mol. The molecule has 0 spiro atoms. The van der Waals surface area contributed by atoms with Crippen molar-refractivity contribution >= 4 is 78.7 Å². The van der Waals surface area contributed by atoms with E-state index in [-0.39, 0.29) is 47.1 Å². The van der Waals surface area contributed by atoms with Gasteiger partial charge >= 0.3 is 0 Å². The van der Waals surface area contributed by atoms with Gasteiger partial charge in [-0.1, -0.05) is 66.7 Å². The van der Waals surface area contributed by atoms with Crippen molar-refractivity contribution in [2.24, 2.45) is 0 Å². The Balaban J connectivity index is 1.37. The van der Waals surface area contributed by atoms with E-state index < -0.39 is 30.0 Å². The Labute approximate surface area is 296 Å². The highest BCUT2D eigenvalue weighted by molar-refractivity contribution is 7.86. The molecule has 4 aromatic carbocycles. The SMILES string of the molecule is O=S(=O)(O)c1cc(S(=O)(=O)O)c2cc1Nc1nc(NCc3ccccc3)nc(n1)Nc1cccc(c1)Nc1nc(NCc3ccccc3)nc(n1)N2. The van der Waals surface area contributed by atoms with Crippen LogP contribution in [0.4, 0.5) is 58.4 Å². The van der Waals surface area contributed by atoms with Crippen LogP contribution >= 0.6 is 0 Å². The maximum absolute atomic E-state index is 12.6. The minimum Gasteiger partial charge on any atom is -0.350 e. The van der Waals surface area contributed by atoms with E-state index in [2.05, 4.69) is 61.8 Å². The monoisotopic (exact) mass is 740 g/mol. The third-order valence-electron chi connectivity index (χ3n) is 7.36. The molecular weight excluding hydrogens is 713 g/mol. The molecule has 8 bridgehead atoms. The van der Waals surface area contributed by atoms with Crippen molar-refractivity contribution in [3.05, 3.63) is 108 Å². The molecule has 1 aliphatic rings. The van der Waals surface area contributed by atoms with Crippen LogP contribution in [-0.2, 0) is 33.3 Å². The van der Waals surface area contributed by atoms with E-state index >= 15 is 0 Å². The first-order valence-corrected chi connectivity index (χ1v) is 18.2. The van der Waals surface area contributed by atoms with Crippen molar-refractivity contribution in [2.45, 2.75) is 22.9 Å². The molecule has 3 heterocycles. The van der Waals surface area contributed by atoms with Crippen molar-refractivity contribution in [1.82, 2.24) is 29.9 Å². The number of fused-ring (bicyclic) bond motifs is 8. The van der Waals surface area contributed by atoms with Crippen LogP contribution in [0.3, 0.4) is 0 Å². The van der Waals surface area contributed by atoms with Gasteiger partial charge in [-0.15, -0.1) is 0 Å². The summed E-state index contributed by atoms with van der Waals surface area (Å²) in [7, 11) is -10.2. The lowest BCUT2D eigenvalue weighted by molar-refractivity contribution is 0.482. The van der Waals surface area contributed by atoms with Gasteiger partial charge in [0.15, 0.2) is 0 Å². The summed E-state index contributed by atoms with van der Waals surface area (Å²) in [6, 6.07) is 27.4. The molecule has 7 rings (SSSR count). The van der Waals surface area contributed by atoms with Gasteiger partial charge in [-0.2, -0.15) is 46.7 Å². The van der Waals surface area contributed by atoms with E-state index in [0.29, 0.717) is 30.5 Å². The fourth-order valence-corrected chi connectivity index (χ4v) is 6.43. The largest absolute Gasteiger partial charge is 0.350 e. The first-order chi connectivity index (χ1) is 24.9. The molecule has 0 radical (unpaired) electrons. The minimum absolute atomic E-state index is 0.0356. The molecule has 0 amide bonds.